The monoisotopic (exact) mass is 444 g/mol. The number of aromatic nitrogens is 2. The Kier molecular flexibility index (Phi) is 5.24. The quantitative estimate of drug-likeness (QED) is 0.442. The Bertz CT molecular complexity index is 1330. The van der Waals surface area contributed by atoms with Crippen molar-refractivity contribution in [3.63, 3.8) is 0 Å². The Labute approximate surface area is 175 Å². The second kappa shape index (κ2) is 7.88. The Morgan fingerprint density at radius 1 is 0.710 bits per heavy atom. The number of fused-ring (bicyclic) bond motifs is 1. The molecule has 0 unspecified atom stereocenters. The first-order chi connectivity index (χ1) is 14.7. The zero-order valence-electron chi connectivity index (χ0n) is 15.8. The van der Waals surface area contributed by atoms with Crippen LogP contribution in [-0.4, -0.2) is 18.4 Å². The van der Waals surface area contributed by atoms with E-state index in [1.54, 1.807) is 42.5 Å². The number of alkyl halides is 3. The molecule has 4 aromatic rings. The minimum Gasteiger partial charge on any atom is -0.337 e. The first-order valence-corrected chi connectivity index (χ1v) is 10.5. The van der Waals surface area contributed by atoms with E-state index in [2.05, 4.69) is 20.0 Å². The second-order valence-electron chi connectivity index (χ2n) is 6.53. The molecule has 158 valence electrons. The molecular weight excluding hydrogens is 429 g/mol. The van der Waals surface area contributed by atoms with Crippen molar-refractivity contribution in [1.82, 2.24) is 9.97 Å². The molecule has 0 atom stereocenters. The smallest absolute Gasteiger partial charge is 0.337 e. The van der Waals surface area contributed by atoms with Gasteiger partial charge >= 0.3 is 6.18 Å². The molecule has 0 saturated carbocycles. The summed E-state index contributed by atoms with van der Waals surface area (Å²) in [6.07, 6.45) is -4.46. The lowest BCUT2D eigenvalue weighted by Crippen LogP contribution is -2.16. The second-order valence-corrected chi connectivity index (χ2v) is 8.21. The number of nitrogens with zero attached hydrogens (tertiary/aromatic N) is 2. The maximum Gasteiger partial charge on any atom is 0.416 e. The van der Waals surface area contributed by atoms with Crippen molar-refractivity contribution in [3.05, 3.63) is 84.4 Å². The van der Waals surface area contributed by atoms with Crippen molar-refractivity contribution < 1.29 is 21.6 Å². The predicted molar refractivity (Wildman–Crippen MR) is 112 cm³/mol. The summed E-state index contributed by atoms with van der Waals surface area (Å²) in [7, 11) is -3.96. The van der Waals surface area contributed by atoms with E-state index in [1.807, 2.05) is 0 Å². The third kappa shape index (κ3) is 4.58. The van der Waals surface area contributed by atoms with E-state index >= 15 is 0 Å². The number of rotatable bonds is 5. The first-order valence-electron chi connectivity index (χ1n) is 9.01. The summed E-state index contributed by atoms with van der Waals surface area (Å²) in [6, 6.07) is 18.9. The fourth-order valence-corrected chi connectivity index (χ4v) is 3.85. The molecule has 1 heterocycles. The van der Waals surface area contributed by atoms with Gasteiger partial charge in [0.2, 0.25) is 0 Å². The van der Waals surface area contributed by atoms with E-state index in [4.69, 9.17) is 0 Å². The molecule has 0 aliphatic rings. The minimum absolute atomic E-state index is 0.0328. The predicted octanol–water partition coefficient (Wildman–Crippen LogP) is 5.19. The average molecular weight is 444 g/mol. The third-order valence-electron chi connectivity index (χ3n) is 4.33. The highest BCUT2D eigenvalue weighted by Crippen LogP contribution is 2.31. The third-order valence-corrected chi connectivity index (χ3v) is 5.68. The van der Waals surface area contributed by atoms with Gasteiger partial charge in [0, 0.05) is 5.69 Å². The summed E-state index contributed by atoms with van der Waals surface area (Å²) >= 11 is 0. The molecule has 4 rings (SSSR count). The molecular formula is C21H15F3N4O2S. The van der Waals surface area contributed by atoms with Gasteiger partial charge in [-0.3, -0.25) is 4.72 Å². The number of anilines is 3. The Morgan fingerprint density at radius 3 is 1.84 bits per heavy atom. The maximum atomic E-state index is 12.8. The van der Waals surface area contributed by atoms with E-state index < -0.39 is 21.8 Å². The fourth-order valence-electron chi connectivity index (χ4n) is 2.82. The van der Waals surface area contributed by atoms with Gasteiger partial charge in [-0.2, -0.15) is 13.2 Å². The number of hydrogen-bond acceptors (Lipinski definition) is 5. The average Bonchev–Trinajstić information content (AvgIpc) is 2.74. The van der Waals surface area contributed by atoms with Gasteiger partial charge in [0.05, 0.1) is 21.5 Å². The van der Waals surface area contributed by atoms with Crippen LogP contribution in [0.5, 0.6) is 0 Å². The number of sulfonamides is 1. The van der Waals surface area contributed by atoms with E-state index in [1.165, 1.54) is 24.3 Å². The van der Waals surface area contributed by atoms with E-state index in [0.29, 0.717) is 11.0 Å². The van der Waals surface area contributed by atoms with Gasteiger partial charge in [0.1, 0.15) is 0 Å². The van der Waals surface area contributed by atoms with Crippen LogP contribution >= 0.6 is 0 Å². The Morgan fingerprint density at radius 2 is 1.26 bits per heavy atom. The summed E-state index contributed by atoms with van der Waals surface area (Å²) < 4.78 is 66.4. The van der Waals surface area contributed by atoms with Crippen molar-refractivity contribution in [2.75, 3.05) is 10.0 Å². The van der Waals surface area contributed by atoms with Crippen LogP contribution in [0.15, 0.2) is 83.8 Å². The van der Waals surface area contributed by atoms with Crippen molar-refractivity contribution in [2.24, 2.45) is 0 Å². The van der Waals surface area contributed by atoms with Crippen LogP contribution in [0, 0.1) is 0 Å². The number of halogens is 3. The minimum atomic E-state index is -4.46. The normalized spacial score (nSPS) is 12.0. The Hall–Kier alpha value is -3.66. The summed E-state index contributed by atoms with van der Waals surface area (Å²) in [6.45, 7) is 0. The number of para-hydroxylation sites is 2. The maximum absolute atomic E-state index is 12.8. The van der Waals surface area contributed by atoms with E-state index in [-0.39, 0.29) is 22.2 Å². The summed E-state index contributed by atoms with van der Waals surface area (Å²) in [5, 5.41) is 2.85. The van der Waals surface area contributed by atoms with E-state index in [9.17, 15) is 21.6 Å². The van der Waals surface area contributed by atoms with Crippen LogP contribution in [0.1, 0.15) is 5.56 Å². The lowest BCUT2D eigenvalue weighted by Gasteiger charge is -2.14. The SMILES string of the molecule is O=S(=O)(Nc1nc2ccccc2nc1Nc1ccc(C(F)(F)F)cc1)c1ccccc1. The number of nitrogens with one attached hydrogen (secondary N) is 2. The molecule has 0 saturated heterocycles. The highest BCUT2D eigenvalue weighted by molar-refractivity contribution is 7.92. The van der Waals surface area contributed by atoms with Crippen LogP contribution in [-0.2, 0) is 16.2 Å². The number of benzene rings is 3. The lowest BCUT2D eigenvalue weighted by atomic mass is 10.2. The van der Waals surface area contributed by atoms with Crippen molar-refractivity contribution in [1.29, 1.82) is 0 Å². The van der Waals surface area contributed by atoms with Crippen molar-refractivity contribution >= 4 is 38.4 Å². The van der Waals surface area contributed by atoms with Crippen LogP contribution in [0.3, 0.4) is 0 Å². The van der Waals surface area contributed by atoms with Crippen LogP contribution < -0.4 is 10.0 Å². The van der Waals surface area contributed by atoms with Crippen molar-refractivity contribution in [3.8, 4) is 0 Å². The van der Waals surface area contributed by atoms with Crippen molar-refractivity contribution in [2.45, 2.75) is 11.1 Å². The molecule has 0 fully saturated rings. The van der Waals surface area contributed by atoms with Gasteiger partial charge in [-0.05, 0) is 48.5 Å². The van der Waals surface area contributed by atoms with Crippen LogP contribution in [0.25, 0.3) is 11.0 Å². The molecule has 0 bridgehead atoms. The standard InChI is InChI=1S/C21H15F3N4O2S/c22-21(23,24)14-10-12-15(13-11-14)25-19-20(27-18-9-5-4-8-17(18)26-19)28-31(29,30)16-6-2-1-3-7-16/h1-13H,(H,25,26)(H,27,28). The van der Waals surface area contributed by atoms with E-state index in [0.717, 1.165) is 12.1 Å². The molecule has 6 nitrogen and oxygen atoms in total. The molecule has 2 N–H and O–H groups in total. The van der Waals surface area contributed by atoms with Gasteiger partial charge in [0.15, 0.2) is 11.6 Å². The highest BCUT2D eigenvalue weighted by Gasteiger charge is 2.30. The summed E-state index contributed by atoms with van der Waals surface area (Å²) in [5.74, 6) is -0.0274. The fraction of sp³-hybridized carbons (Fsp3) is 0.0476. The van der Waals surface area contributed by atoms with Gasteiger partial charge in [-0.25, -0.2) is 18.4 Å². The first kappa shape index (κ1) is 20.6. The van der Waals surface area contributed by atoms with Gasteiger partial charge < -0.3 is 5.32 Å². The topological polar surface area (TPSA) is 84.0 Å². The molecule has 10 heteroatoms. The zero-order valence-corrected chi connectivity index (χ0v) is 16.6. The van der Waals surface area contributed by atoms with Gasteiger partial charge in [-0.15, -0.1) is 0 Å². The molecule has 0 spiro atoms. The molecule has 0 aliphatic heterocycles. The molecule has 3 aromatic carbocycles. The Balaban J connectivity index is 1.73. The lowest BCUT2D eigenvalue weighted by molar-refractivity contribution is -0.137. The number of hydrogen-bond donors (Lipinski definition) is 2. The molecule has 0 aliphatic carbocycles. The molecule has 0 radical (unpaired) electrons. The summed E-state index contributed by atoms with van der Waals surface area (Å²) in [4.78, 5) is 8.77. The van der Waals surface area contributed by atoms with Crippen LogP contribution in [0.4, 0.5) is 30.5 Å². The van der Waals surface area contributed by atoms with Crippen LogP contribution in [0.2, 0.25) is 0 Å². The molecule has 0 amide bonds. The van der Waals surface area contributed by atoms with Gasteiger partial charge in [0.25, 0.3) is 10.0 Å². The zero-order chi connectivity index (χ0) is 22.1. The molecule has 1 aromatic heterocycles. The largest absolute Gasteiger partial charge is 0.416 e. The summed E-state index contributed by atoms with van der Waals surface area (Å²) in [5.41, 5.74) is 0.427. The van der Waals surface area contributed by atoms with Gasteiger partial charge in [-0.1, -0.05) is 30.3 Å². The highest BCUT2D eigenvalue weighted by atomic mass is 32.2. The molecule has 31 heavy (non-hydrogen) atoms.